The van der Waals surface area contributed by atoms with E-state index in [1.807, 2.05) is 0 Å². The summed E-state index contributed by atoms with van der Waals surface area (Å²) in [5.74, 6) is -1.45. The molecule has 8 nitrogen and oxygen atoms in total. The Labute approximate surface area is 150 Å². The fraction of sp³-hybridized carbons (Fsp3) is 0.333. The van der Waals surface area contributed by atoms with Crippen LogP contribution in [-0.4, -0.2) is 57.2 Å². The van der Waals surface area contributed by atoms with Crippen LogP contribution in [-0.2, 0) is 4.79 Å². The Morgan fingerprint density at radius 2 is 1.92 bits per heavy atom. The van der Waals surface area contributed by atoms with Gasteiger partial charge in [-0.05, 0) is 44.0 Å². The molecular formula is C18H20N4O4. The number of carboxylic acid groups (broad SMARTS) is 1. The first-order valence-corrected chi connectivity index (χ1v) is 8.30. The summed E-state index contributed by atoms with van der Waals surface area (Å²) in [6, 6.07) is 6.91. The van der Waals surface area contributed by atoms with Gasteiger partial charge in [-0.15, -0.1) is 0 Å². The topological polar surface area (TPSA) is 105 Å². The molecular weight excluding hydrogens is 336 g/mol. The average Bonchev–Trinajstić information content (AvgIpc) is 3.32. The lowest BCUT2D eigenvalue weighted by molar-refractivity contribution is -0.121. The molecule has 3 rings (SSSR count). The number of rotatable bonds is 6. The predicted octanol–water partition coefficient (Wildman–Crippen LogP) is 1.23. The van der Waals surface area contributed by atoms with Crippen molar-refractivity contribution in [3.63, 3.8) is 0 Å². The van der Waals surface area contributed by atoms with Gasteiger partial charge in [-0.3, -0.25) is 9.59 Å². The minimum absolute atomic E-state index is 0.0112. The molecule has 1 saturated carbocycles. The van der Waals surface area contributed by atoms with Crippen molar-refractivity contribution in [2.24, 2.45) is 0 Å². The van der Waals surface area contributed by atoms with Crippen molar-refractivity contribution >= 4 is 17.8 Å². The van der Waals surface area contributed by atoms with Gasteiger partial charge in [0.15, 0.2) is 0 Å². The van der Waals surface area contributed by atoms with Crippen molar-refractivity contribution in [2.75, 3.05) is 13.6 Å². The average molecular weight is 356 g/mol. The molecule has 2 N–H and O–H groups in total. The third-order valence-corrected chi connectivity index (χ3v) is 4.27. The summed E-state index contributed by atoms with van der Waals surface area (Å²) in [6.45, 7) is 1.68. The number of aromatic carboxylic acids is 1. The number of hydrogen-bond donors (Lipinski definition) is 2. The van der Waals surface area contributed by atoms with E-state index in [1.165, 1.54) is 15.8 Å². The van der Waals surface area contributed by atoms with Gasteiger partial charge in [0, 0.05) is 18.7 Å². The highest BCUT2D eigenvalue weighted by atomic mass is 16.4. The van der Waals surface area contributed by atoms with E-state index in [4.69, 9.17) is 5.11 Å². The third-order valence-electron chi connectivity index (χ3n) is 4.27. The van der Waals surface area contributed by atoms with Gasteiger partial charge in [-0.1, -0.05) is 0 Å². The maximum Gasteiger partial charge on any atom is 0.339 e. The number of nitrogens with zero attached hydrogens (tertiary/aromatic N) is 3. The molecule has 26 heavy (non-hydrogen) atoms. The summed E-state index contributed by atoms with van der Waals surface area (Å²) >= 11 is 0. The summed E-state index contributed by atoms with van der Waals surface area (Å²) in [5.41, 5.74) is 1.73. The molecule has 1 aliphatic rings. The van der Waals surface area contributed by atoms with Crippen molar-refractivity contribution in [3.8, 4) is 5.69 Å². The number of nitrogens with one attached hydrogen (secondary N) is 1. The highest BCUT2D eigenvalue weighted by Gasteiger charge is 2.24. The normalized spacial score (nSPS) is 13.3. The maximum absolute atomic E-state index is 12.4. The zero-order chi connectivity index (χ0) is 18.8. The van der Waals surface area contributed by atoms with E-state index in [0.29, 0.717) is 16.9 Å². The molecule has 1 aliphatic carbocycles. The summed E-state index contributed by atoms with van der Waals surface area (Å²) in [4.78, 5) is 36.7. The van der Waals surface area contributed by atoms with Gasteiger partial charge in [-0.2, -0.15) is 5.10 Å². The molecule has 2 amide bonds. The second kappa shape index (κ2) is 6.99. The zero-order valence-electron chi connectivity index (χ0n) is 14.6. The number of amides is 2. The first kappa shape index (κ1) is 17.7. The van der Waals surface area contributed by atoms with Crippen LogP contribution in [0.25, 0.3) is 5.69 Å². The van der Waals surface area contributed by atoms with Gasteiger partial charge in [0.1, 0.15) is 5.56 Å². The molecule has 1 aromatic carbocycles. The first-order valence-electron chi connectivity index (χ1n) is 8.30. The summed E-state index contributed by atoms with van der Waals surface area (Å²) in [5, 5.41) is 16.0. The Hall–Kier alpha value is -3.16. The summed E-state index contributed by atoms with van der Waals surface area (Å²) in [6.07, 6.45) is 3.30. The fourth-order valence-electron chi connectivity index (χ4n) is 2.63. The van der Waals surface area contributed by atoms with E-state index in [2.05, 4.69) is 10.4 Å². The second-order valence-corrected chi connectivity index (χ2v) is 6.41. The van der Waals surface area contributed by atoms with Gasteiger partial charge in [0.25, 0.3) is 5.91 Å². The number of hydrogen-bond acceptors (Lipinski definition) is 4. The van der Waals surface area contributed by atoms with Crippen LogP contribution in [0.15, 0.2) is 30.5 Å². The number of benzene rings is 1. The molecule has 136 valence electrons. The number of aromatic nitrogens is 2. The number of carboxylic acids is 1. The van der Waals surface area contributed by atoms with Crippen LogP contribution in [0.2, 0.25) is 0 Å². The molecule has 0 aliphatic heterocycles. The quantitative estimate of drug-likeness (QED) is 0.810. The van der Waals surface area contributed by atoms with E-state index in [0.717, 1.165) is 12.8 Å². The molecule has 1 fully saturated rings. The van der Waals surface area contributed by atoms with E-state index in [-0.39, 0.29) is 30.0 Å². The van der Waals surface area contributed by atoms with Crippen LogP contribution in [0.5, 0.6) is 0 Å². The Balaban J connectivity index is 1.69. The van der Waals surface area contributed by atoms with E-state index in [1.54, 1.807) is 38.2 Å². The summed E-state index contributed by atoms with van der Waals surface area (Å²) < 4.78 is 1.50. The molecule has 0 radical (unpaired) electrons. The Morgan fingerprint density at radius 1 is 1.27 bits per heavy atom. The van der Waals surface area contributed by atoms with E-state index < -0.39 is 5.97 Å². The molecule has 0 bridgehead atoms. The molecule has 8 heteroatoms. The molecule has 0 atom stereocenters. The zero-order valence-corrected chi connectivity index (χ0v) is 14.6. The van der Waals surface area contributed by atoms with Crippen LogP contribution >= 0.6 is 0 Å². The molecule has 0 saturated heterocycles. The monoisotopic (exact) mass is 356 g/mol. The lowest BCUT2D eigenvalue weighted by atomic mass is 10.1. The van der Waals surface area contributed by atoms with E-state index >= 15 is 0 Å². The van der Waals surface area contributed by atoms with Gasteiger partial charge < -0.3 is 15.3 Å². The molecule has 0 spiro atoms. The Bertz CT molecular complexity index is 853. The first-order chi connectivity index (χ1) is 12.4. The van der Waals surface area contributed by atoms with Crippen LogP contribution in [0, 0.1) is 6.92 Å². The summed E-state index contributed by atoms with van der Waals surface area (Å²) in [7, 11) is 1.58. The Kier molecular flexibility index (Phi) is 4.75. The molecule has 2 aromatic rings. The third kappa shape index (κ3) is 3.74. The Morgan fingerprint density at radius 3 is 2.46 bits per heavy atom. The minimum Gasteiger partial charge on any atom is -0.478 e. The van der Waals surface area contributed by atoms with Crippen molar-refractivity contribution in [1.82, 2.24) is 20.0 Å². The SMILES string of the molecule is Cc1c(C(=O)O)cnn1-c1ccc(C(=O)N(C)CC(=O)NC2CC2)cc1. The molecule has 1 heterocycles. The van der Waals surface area contributed by atoms with E-state index in [9.17, 15) is 14.4 Å². The highest BCUT2D eigenvalue weighted by molar-refractivity contribution is 5.96. The predicted molar refractivity (Wildman–Crippen MR) is 93.4 cm³/mol. The van der Waals surface area contributed by atoms with Gasteiger partial charge in [-0.25, -0.2) is 9.48 Å². The maximum atomic E-state index is 12.4. The minimum atomic E-state index is -1.04. The van der Waals surface area contributed by atoms with Crippen LogP contribution in [0.3, 0.4) is 0 Å². The number of carbonyl (C=O) groups is 3. The number of likely N-dealkylation sites (N-methyl/N-ethyl adjacent to an activating group) is 1. The van der Waals surface area contributed by atoms with Gasteiger partial charge in [0.05, 0.1) is 24.1 Å². The molecule has 1 aromatic heterocycles. The van der Waals surface area contributed by atoms with Crippen molar-refractivity contribution in [3.05, 3.63) is 47.3 Å². The fourth-order valence-corrected chi connectivity index (χ4v) is 2.63. The highest BCUT2D eigenvalue weighted by Crippen LogP contribution is 2.18. The van der Waals surface area contributed by atoms with Gasteiger partial charge >= 0.3 is 5.97 Å². The lowest BCUT2D eigenvalue weighted by Gasteiger charge is -2.17. The van der Waals surface area contributed by atoms with Gasteiger partial charge in [0.2, 0.25) is 5.91 Å². The molecule has 0 unspecified atom stereocenters. The van der Waals surface area contributed by atoms with Crippen molar-refractivity contribution in [1.29, 1.82) is 0 Å². The van der Waals surface area contributed by atoms with Crippen molar-refractivity contribution < 1.29 is 19.5 Å². The van der Waals surface area contributed by atoms with Crippen LogP contribution < -0.4 is 5.32 Å². The number of carbonyl (C=O) groups excluding carboxylic acids is 2. The van der Waals surface area contributed by atoms with Crippen LogP contribution in [0.1, 0.15) is 39.3 Å². The largest absolute Gasteiger partial charge is 0.478 e. The second-order valence-electron chi connectivity index (χ2n) is 6.41. The smallest absolute Gasteiger partial charge is 0.339 e. The van der Waals surface area contributed by atoms with Crippen molar-refractivity contribution in [2.45, 2.75) is 25.8 Å². The standard InChI is InChI=1S/C18H20N4O4/c1-11-15(18(25)26)9-19-22(11)14-7-3-12(4-8-14)17(24)21(2)10-16(23)20-13-5-6-13/h3-4,7-9,13H,5-6,10H2,1-2H3,(H,20,23)(H,25,26). The van der Waals surface area contributed by atoms with Crippen LogP contribution in [0.4, 0.5) is 0 Å². The lowest BCUT2D eigenvalue weighted by Crippen LogP contribution is -2.39.